The van der Waals surface area contributed by atoms with Gasteiger partial charge in [-0.1, -0.05) is 58.0 Å². The van der Waals surface area contributed by atoms with E-state index in [-0.39, 0.29) is 0 Å². The van der Waals surface area contributed by atoms with Gasteiger partial charge in [-0.3, -0.25) is 0 Å². The lowest BCUT2D eigenvalue weighted by molar-refractivity contribution is 1.09. The Labute approximate surface area is 272 Å². The Morgan fingerprint density at radius 1 is 0.457 bits per heavy atom. The van der Waals surface area contributed by atoms with Gasteiger partial charge in [0.25, 0.3) is 0 Å². The molecule has 0 saturated carbocycles. The van der Waals surface area contributed by atoms with E-state index < -0.39 is 0 Å². The molecule has 0 unspecified atom stereocenters. The molecule has 4 aromatic rings. The van der Waals surface area contributed by atoms with E-state index in [9.17, 15) is 0 Å². The molecule has 0 amide bonds. The molecule has 0 saturated heterocycles. The molecular weight excluding hydrogens is 560 g/mol. The van der Waals surface area contributed by atoms with Gasteiger partial charge >= 0.3 is 0 Å². The second-order valence-corrected chi connectivity index (χ2v) is 12.9. The lowest BCUT2D eigenvalue weighted by Gasteiger charge is -2.07. The van der Waals surface area contributed by atoms with Crippen molar-refractivity contribution in [2.75, 3.05) is 0 Å². The molecule has 4 aromatic heterocycles. The van der Waals surface area contributed by atoms with Crippen molar-refractivity contribution >= 4 is 23.8 Å². The van der Waals surface area contributed by atoms with Gasteiger partial charge in [0.15, 0.2) is 0 Å². The van der Waals surface area contributed by atoms with Crippen molar-refractivity contribution in [2.45, 2.75) is 81.1 Å². The number of fused-ring (bicyclic) bond motifs is 9. The molecule has 0 atom stereocenters. The SMILES string of the molecule is CCc1c2[nH]c(c1C)C=c1[nH]c(c(CC)c1C)=Cc1[nH]c(c(C)c1CC)C(c1cc3cccccc-3c1)=c1[nH]c(c(CC)c1C)=C2. The van der Waals surface area contributed by atoms with Gasteiger partial charge in [-0.05, 0) is 145 Å². The molecule has 234 valence electrons. The number of H-pyrrole nitrogens is 4. The molecule has 0 fully saturated rings. The fourth-order valence-electron chi connectivity index (χ4n) is 7.98. The molecule has 5 heterocycles. The zero-order chi connectivity index (χ0) is 32.3. The Balaban J connectivity index is 1.70. The zero-order valence-corrected chi connectivity index (χ0v) is 28.6. The Kier molecular flexibility index (Phi) is 7.55. The molecule has 2 aliphatic carbocycles. The predicted molar refractivity (Wildman–Crippen MR) is 194 cm³/mol. The number of nitrogens with one attached hydrogen (secondary N) is 4. The fraction of sp³-hybridized carbons (Fsp3) is 0.286. The molecule has 8 bridgehead atoms. The van der Waals surface area contributed by atoms with Crippen molar-refractivity contribution in [3.05, 3.63) is 137 Å². The standard InChI is InChI=1S/C42H46N4/c1-9-30-23(5)34-20-35-24(6)31(10-2)37(44-35)22-39-33(12-4)26(8)42(46-39)40(29-18-27-16-14-13-15-17-28(27)19-29)41-25(7)32(11-3)38(45-41)21-36(30)43-34/h13-22,43-46H,9-12H2,1-8H3. The summed E-state index contributed by atoms with van der Waals surface area (Å²) < 4.78 is 0. The zero-order valence-electron chi connectivity index (χ0n) is 28.6. The minimum absolute atomic E-state index is 0.952. The van der Waals surface area contributed by atoms with Crippen LogP contribution in [0.5, 0.6) is 0 Å². The second kappa shape index (κ2) is 11.6. The minimum Gasteiger partial charge on any atom is -0.355 e. The van der Waals surface area contributed by atoms with Crippen LogP contribution in [0.3, 0.4) is 0 Å². The van der Waals surface area contributed by atoms with Crippen LogP contribution in [0.2, 0.25) is 0 Å². The highest BCUT2D eigenvalue weighted by Crippen LogP contribution is 2.34. The van der Waals surface area contributed by atoms with Gasteiger partial charge < -0.3 is 19.9 Å². The van der Waals surface area contributed by atoms with Crippen molar-refractivity contribution in [1.82, 2.24) is 19.9 Å². The molecule has 4 N–H and O–H groups in total. The Morgan fingerprint density at radius 3 is 1.63 bits per heavy atom. The highest BCUT2D eigenvalue weighted by atomic mass is 14.8. The summed E-state index contributed by atoms with van der Waals surface area (Å²) in [6, 6.07) is 15.5. The van der Waals surface area contributed by atoms with Gasteiger partial charge in [0.2, 0.25) is 0 Å². The first-order valence-corrected chi connectivity index (χ1v) is 17.0. The van der Waals surface area contributed by atoms with E-state index in [0.717, 1.165) is 25.7 Å². The third kappa shape index (κ3) is 4.65. The van der Waals surface area contributed by atoms with Crippen LogP contribution in [-0.2, 0) is 25.7 Å². The van der Waals surface area contributed by atoms with Gasteiger partial charge in [0.1, 0.15) is 0 Å². The van der Waals surface area contributed by atoms with E-state index in [2.05, 4.69) is 136 Å². The Bertz CT molecular complexity index is 2310. The third-order valence-corrected chi connectivity index (χ3v) is 10.5. The molecule has 0 spiro atoms. The third-order valence-electron chi connectivity index (χ3n) is 10.5. The van der Waals surface area contributed by atoms with Crippen molar-refractivity contribution < 1.29 is 0 Å². The molecule has 46 heavy (non-hydrogen) atoms. The Hall–Kier alpha value is -4.70. The first-order valence-electron chi connectivity index (χ1n) is 17.0. The van der Waals surface area contributed by atoms with Crippen molar-refractivity contribution in [1.29, 1.82) is 0 Å². The first kappa shape index (κ1) is 30.0. The molecule has 4 nitrogen and oxygen atoms in total. The fourth-order valence-corrected chi connectivity index (χ4v) is 7.98. The van der Waals surface area contributed by atoms with Gasteiger partial charge in [0, 0.05) is 38.7 Å². The summed E-state index contributed by atoms with van der Waals surface area (Å²) in [7, 11) is 0. The van der Waals surface area contributed by atoms with Crippen LogP contribution >= 0.6 is 0 Å². The van der Waals surface area contributed by atoms with E-state index in [1.165, 1.54) is 111 Å². The van der Waals surface area contributed by atoms with E-state index in [1.54, 1.807) is 0 Å². The molecule has 7 rings (SSSR count). The van der Waals surface area contributed by atoms with Crippen LogP contribution in [0.25, 0.3) is 34.9 Å². The molecule has 1 aliphatic heterocycles. The quantitative estimate of drug-likeness (QED) is 0.170. The van der Waals surface area contributed by atoms with Crippen LogP contribution in [-0.4, -0.2) is 19.9 Å². The lowest BCUT2D eigenvalue weighted by atomic mass is 9.97. The summed E-state index contributed by atoms with van der Waals surface area (Å²) in [5, 5.41) is 4.73. The topological polar surface area (TPSA) is 63.2 Å². The molecular formula is C42H46N4. The van der Waals surface area contributed by atoms with Gasteiger partial charge in [-0.15, -0.1) is 0 Å². The average Bonchev–Trinajstić information content (AvgIpc) is 3.77. The van der Waals surface area contributed by atoms with Crippen LogP contribution < -0.4 is 21.4 Å². The molecule has 4 heteroatoms. The van der Waals surface area contributed by atoms with E-state index in [4.69, 9.17) is 0 Å². The van der Waals surface area contributed by atoms with Gasteiger partial charge in [0.05, 0.1) is 11.0 Å². The van der Waals surface area contributed by atoms with E-state index >= 15 is 0 Å². The average molecular weight is 607 g/mol. The summed E-state index contributed by atoms with van der Waals surface area (Å²) in [4.78, 5) is 15.6. The summed E-state index contributed by atoms with van der Waals surface area (Å²) in [6.45, 7) is 18.2. The van der Waals surface area contributed by atoms with Crippen LogP contribution in [0.1, 0.15) is 101 Å². The van der Waals surface area contributed by atoms with Crippen LogP contribution in [0, 0.1) is 27.7 Å². The predicted octanol–water partition coefficient (Wildman–Crippen LogP) is 6.63. The number of rotatable bonds is 5. The van der Waals surface area contributed by atoms with E-state index in [0.29, 0.717) is 0 Å². The van der Waals surface area contributed by atoms with Gasteiger partial charge in [-0.25, -0.2) is 0 Å². The molecule has 3 aliphatic rings. The van der Waals surface area contributed by atoms with Crippen LogP contribution in [0.15, 0.2) is 42.5 Å². The smallest absolute Gasteiger partial charge is 0.0518 e. The van der Waals surface area contributed by atoms with Gasteiger partial charge in [-0.2, -0.15) is 0 Å². The monoisotopic (exact) mass is 606 g/mol. The maximum absolute atomic E-state index is 3.98. The summed E-state index contributed by atoms with van der Waals surface area (Å²) in [5.74, 6) is 0. The first-order chi connectivity index (χ1) is 22.3. The number of hydrogen-bond donors (Lipinski definition) is 4. The largest absolute Gasteiger partial charge is 0.355 e. The summed E-state index contributed by atoms with van der Waals surface area (Å²) in [5.41, 5.74) is 20.4. The minimum atomic E-state index is 0.952. The van der Waals surface area contributed by atoms with Crippen molar-refractivity contribution in [3.8, 4) is 11.1 Å². The molecule has 0 radical (unpaired) electrons. The Morgan fingerprint density at radius 2 is 1.00 bits per heavy atom. The highest BCUT2D eigenvalue weighted by molar-refractivity contribution is 5.86. The summed E-state index contributed by atoms with van der Waals surface area (Å²) in [6.07, 6.45) is 10.9. The highest BCUT2D eigenvalue weighted by Gasteiger charge is 2.22. The van der Waals surface area contributed by atoms with Crippen molar-refractivity contribution in [3.63, 3.8) is 0 Å². The molecule has 0 aromatic carbocycles. The lowest BCUT2D eigenvalue weighted by Crippen LogP contribution is -2.17. The van der Waals surface area contributed by atoms with Crippen LogP contribution in [0.4, 0.5) is 0 Å². The normalized spacial score (nSPS) is 12.7. The number of aromatic nitrogens is 4. The summed E-state index contributed by atoms with van der Waals surface area (Å²) >= 11 is 0. The number of hydrogen-bond acceptors (Lipinski definition) is 0. The second-order valence-electron chi connectivity index (χ2n) is 12.9. The maximum Gasteiger partial charge on any atom is 0.0518 e. The van der Waals surface area contributed by atoms with Crippen molar-refractivity contribution in [2.24, 2.45) is 0 Å². The number of aromatic amines is 4. The van der Waals surface area contributed by atoms with E-state index in [1.807, 2.05) is 0 Å². The maximum atomic E-state index is 3.98.